The average Bonchev–Trinajstić information content (AvgIpc) is 3.42. The van der Waals surface area contributed by atoms with Crippen LogP contribution in [-0.4, -0.2) is 18.9 Å². The van der Waals surface area contributed by atoms with Crippen molar-refractivity contribution >= 4 is 17.5 Å². The SMILES string of the molecule is COc1cccc(NC(=O)C2CC2C(=O)NCc2ccc(F)cc2)c1. The van der Waals surface area contributed by atoms with Crippen molar-refractivity contribution in [2.75, 3.05) is 12.4 Å². The van der Waals surface area contributed by atoms with Gasteiger partial charge in [-0.3, -0.25) is 9.59 Å². The van der Waals surface area contributed by atoms with Gasteiger partial charge in [0.25, 0.3) is 0 Å². The first-order valence-electron chi connectivity index (χ1n) is 8.04. The van der Waals surface area contributed by atoms with E-state index in [0.717, 1.165) is 5.56 Å². The minimum atomic E-state index is -0.320. The van der Waals surface area contributed by atoms with Crippen LogP contribution in [0.4, 0.5) is 10.1 Å². The number of hydrogen-bond acceptors (Lipinski definition) is 3. The fourth-order valence-corrected chi connectivity index (χ4v) is 2.63. The van der Waals surface area contributed by atoms with Crippen molar-refractivity contribution in [2.24, 2.45) is 11.8 Å². The average molecular weight is 342 g/mol. The molecule has 3 rings (SSSR count). The number of carbonyl (C=O) groups excluding carboxylic acids is 2. The minimum Gasteiger partial charge on any atom is -0.497 e. The molecule has 1 aliphatic carbocycles. The lowest BCUT2D eigenvalue weighted by molar-refractivity contribution is -0.125. The van der Waals surface area contributed by atoms with Gasteiger partial charge in [0, 0.05) is 18.3 Å². The molecular formula is C19H19FN2O3. The zero-order valence-electron chi connectivity index (χ0n) is 13.8. The molecule has 1 aliphatic rings. The Morgan fingerprint density at radius 3 is 2.56 bits per heavy atom. The number of rotatable bonds is 6. The molecule has 0 bridgehead atoms. The number of anilines is 1. The zero-order valence-corrected chi connectivity index (χ0v) is 13.8. The Morgan fingerprint density at radius 2 is 1.84 bits per heavy atom. The topological polar surface area (TPSA) is 67.4 Å². The highest BCUT2D eigenvalue weighted by molar-refractivity contribution is 5.99. The molecule has 0 aliphatic heterocycles. The predicted octanol–water partition coefficient (Wildman–Crippen LogP) is 2.73. The highest BCUT2D eigenvalue weighted by atomic mass is 19.1. The Morgan fingerprint density at radius 1 is 1.12 bits per heavy atom. The first-order chi connectivity index (χ1) is 12.1. The van der Waals surface area contributed by atoms with E-state index in [9.17, 15) is 14.0 Å². The normalized spacial score (nSPS) is 18.3. The highest BCUT2D eigenvalue weighted by Gasteiger charge is 2.47. The van der Waals surface area contributed by atoms with Crippen LogP contribution < -0.4 is 15.4 Å². The van der Waals surface area contributed by atoms with E-state index in [-0.39, 0.29) is 29.5 Å². The van der Waals surface area contributed by atoms with E-state index >= 15 is 0 Å². The second kappa shape index (κ2) is 7.34. The fourth-order valence-electron chi connectivity index (χ4n) is 2.63. The summed E-state index contributed by atoms with van der Waals surface area (Å²) in [6.07, 6.45) is 0.533. The molecule has 0 spiro atoms. The third kappa shape index (κ3) is 4.35. The Kier molecular flexibility index (Phi) is 4.97. The van der Waals surface area contributed by atoms with Gasteiger partial charge >= 0.3 is 0 Å². The van der Waals surface area contributed by atoms with Crippen LogP contribution in [0.2, 0.25) is 0 Å². The molecule has 2 aromatic rings. The molecule has 130 valence electrons. The summed E-state index contributed by atoms with van der Waals surface area (Å²) >= 11 is 0. The van der Waals surface area contributed by atoms with Crippen molar-refractivity contribution in [3.05, 3.63) is 59.9 Å². The second-order valence-corrected chi connectivity index (χ2v) is 6.01. The van der Waals surface area contributed by atoms with Gasteiger partial charge in [-0.2, -0.15) is 0 Å². The first kappa shape index (κ1) is 17.0. The number of halogens is 1. The van der Waals surface area contributed by atoms with Crippen LogP contribution in [-0.2, 0) is 16.1 Å². The van der Waals surface area contributed by atoms with Gasteiger partial charge in [-0.25, -0.2) is 4.39 Å². The molecule has 0 heterocycles. The summed E-state index contributed by atoms with van der Waals surface area (Å²) < 4.78 is 18.0. The largest absolute Gasteiger partial charge is 0.497 e. The van der Waals surface area contributed by atoms with Gasteiger partial charge in [-0.1, -0.05) is 18.2 Å². The van der Waals surface area contributed by atoms with Gasteiger partial charge < -0.3 is 15.4 Å². The Labute approximate surface area is 145 Å². The van der Waals surface area contributed by atoms with Crippen molar-refractivity contribution in [1.82, 2.24) is 5.32 Å². The number of amides is 2. The summed E-state index contributed by atoms with van der Waals surface area (Å²) in [5.41, 5.74) is 1.45. The van der Waals surface area contributed by atoms with Crippen molar-refractivity contribution in [1.29, 1.82) is 0 Å². The monoisotopic (exact) mass is 342 g/mol. The van der Waals surface area contributed by atoms with Gasteiger partial charge in [0.05, 0.1) is 18.9 Å². The number of benzene rings is 2. The second-order valence-electron chi connectivity index (χ2n) is 6.01. The molecule has 2 N–H and O–H groups in total. The van der Waals surface area contributed by atoms with Gasteiger partial charge in [0.15, 0.2) is 0 Å². The minimum absolute atomic E-state index is 0.157. The van der Waals surface area contributed by atoms with Crippen LogP contribution >= 0.6 is 0 Å². The Balaban J connectivity index is 1.48. The molecule has 0 saturated heterocycles. The summed E-state index contributed by atoms with van der Waals surface area (Å²) in [5, 5.41) is 5.59. The Bertz CT molecular complexity index is 776. The van der Waals surface area contributed by atoms with E-state index in [1.807, 2.05) is 0 Å². The van der Waals surface area contributed by atoms with Crippen LogP contribution in [0.15, 0.2) is 48.5 Å². The number of nitrogens with one attached hydrogen (secondary N) is 2. The molecule has 0 radical (unpaired) electrons. The summed E-state index contributed by atoms with van der Waals surface area (Å²) in [7, 11) is 1.56. The summed E-state index contributed by atoms with van der Waals surface area (Å²) in [6.45, 7) is 0.319. The fraction of sp³-hybridized carbons (Fsp3) is 0.263. The molecular weight excluding hydrogens is 323 g/mol. The number of hydrogen-bond donors (Lipinski definition) is 2. The first-order valence-corrected chi connectivity index (χ1v) is 8.04. The van der Waals surface area contributed by atoms with E-state index < -0.39 is 0 Å². The van der Waals surface area contributed by atoms with E-state index in [0.29, 0.717) is 24.4 Å². The summed E-state index contributed by atoms with van der Waals surface area (Å²) in [4.78, 5) is 24.4. The standard InChI is InChI=1S/C19H19FN2O3/c1-25-15-4-2-3-14(9-15)22-19(24)17-10-16(17)18(23)21-11-12-5-7-13(20)8-6-12/h2-9,16-17H,10-11H2,1H3,(H,21,23)(H,22,24). The molecule has 1 saturated carbocycles. The van der Waals surface area contributed by atoms with Gasteiger partial charge in [0.2, 0.25) is 11.8 Å². The molecule has 25 heavy (non-hydrogen) atoms. The predicted molar refractivity (Wildman–Crippen MR) is 91.5 cm³/mol. The highest BCUT2D eigenvalue weighted by Crippen LogP contribution is 2.39. The number of methoxy groups -OCH3 is 1. The lowest BCUT2D eigenvalue weighted by Gasteiger charge is -2.07. The maximum Gasteiger partial charge on any atom is 0.228 e. The van der Waals surface area contributed by atoms with Gasteiger partial charge in [0.1, 0.15) is 11.6 Å². The summed E-state index contributed by atoms with van der Waals surface area (Å²) in [5.74, 6) is -0.621. The number of carbonyl (C=O) groups is 2. The maximum atomic E-state index is 12.9. The lowest BCUT2D eigenvalue weighted by atomic mass is 10.2. The third-order valence-electron chi connectivity index (χ3n) is 4.18. The quantitative estimate of drug-likeness (QED) is 0.848. The van der Waals surface area contributed by atoms with Crippen LogP contribution in [0.3, 0.4) is 0 Å². The Hall–Kier alpha value is -2.89. The smallest absolute Gasteiger partial charge is 0.228 e. The van der Waals surface area contributed by atoms with Crippen LogP contribution in [0, 0.1) is 17.7 Å². The molecule has 5 nitrogen and oxygen atoms in total. The van der Waals surface area contributed by atoms with E-state index in [1.165, 1.54) is 12.1 Å². The molecule has 2 atom stereocenters. The molecule has 0 aromatic heterocycles. The van der Waals surface area contributed by atoms with E-state index in [2.05, 4.69) is 10.6 Å². The molecule has 2 aromatic carbocycles. The van der Waals surface area contributed by atoms with Crippen molar-refractivity contribution in [2.45, 2.75) is 13.0 Å². The molecule has 2 amide bonds. The lowest BCUT2D eigenvalue weighted by Crippen LogP contribution is -2.27. The van der Waals surface area contributed by atoms with Crippen LogP contribution in [0.1, 0.15) is 12.0 Å². The van der Waals surface area contributed by atoms with Crippen molar-refractivity contribution < 1.29 is 18.7 Å². The van der Waals surface area contributed by atoms with Crippen LogP contribution in [0.25, 0.3) is 0 Å². The molecule has 1 fully saturated rings. The third-order valence-corrected chi connectivity index (χ3v) is 4.18. The van der Waals surface area contributed by atoms with Crippen molar-refractivity contribution in [3.63, 3.8) is 0 Å². The van der Waals surface area contributed by atoms with E-state index in [1.54, 1.807) is 43.5 Å². The van der Waals surface area contributed by atoms with Gasteiger partial charge in [-0.15, -0.1) is 0 Å². The van der Waals surface area contributed by atoms with E-state index in [4.69, 9.17) is 4.74 Å². The maximum absolute atomic E-state index is 12.9. The van der Waals surface area contributed by atoms with Gasteiger partial charge in [-0.05, 0) is 36.2 Å². The molecule has 6 heteroatoms. The zero-order chi connectivity index (χ0) is 17.8. The van der Waals surface area contributed by atoms with Crippen LogP contribution in [0.5, 0.6) is 5.75 Å². The van der Waals surface area contributed by atoms with Crippen molar-refractivity contribution in [3.8, 4) is 5.75 Å². The number of ether oxygens (including phenoxy) is 1. The summed E-state index contributed by atoms with van der Waals surface area (Å²) in [6, 6.07) is 13.0. The molecule has 2 unspecified atom stereocenters.